The zero-order valence-corrected chi connectivity index (χ0v) is 13.6. The first-order valence-electron chi connectivity index (χ1n) is 8.41. The predicted octanol–water partition coefficient (Wildman–Crippen LogP) is 2.72. The van der Waals surface area contributed by atoms with E-state index in [4.69, 9.17) is 14.6 Å². The van der Waals surface area contributed by atoms with E-state index in [1.54, 1.807) is 0 Å². The average molecular weight is 333 g/mol. The van der Waals surface area contributed by atoms with Crippen LogP contribution in [0.3, 0.4) is 0 Å². The molecule has 1 aliphatic heterocycles. The summed E-state index contributed by atoms with van der Waals surface area (Å²) in [6.45, 7) is 0.634. The second-order valence-electron chi connectivity index (χ2n) is 6.70. The van der Waals surface area contributed by atoms with E-state index in [1.807, 2.05) is 30.3 Å². The van der Waals surface area contributed by atoms with Crippen LogP contribution in [0.25, 0.3) is 0 Å². The molecule has 2 fully saturated rings. The lowest BCUT2D eigenvalue weighted by Crippen LogP contribution is -2.54. The summed E-state index contributed by atoms with van der Waals surface area (Å²) >= 11 is 0. The van der Waals surface area contributed by atoms with Crippen LogP contribution < -0.4 is 5.32 Å². The van der Waals surface area contributed by atoms with Gasteiger partial charge in [-0.05, 0) is 37.7 Å². The molecule has 6 nitrogen and oxygen atoms in total. The van der Waals surface area contributed by atoms with Crippen LogP contribution in [-0.2, 0) is 20.9 Å². The fourth-order valence-corrected chi connectivity index (χ4v) is 3.55. The first-order valence-corrected chi connectivity index (χ1v) is 8.41. The molecule has 1 spiro atoms. The van der Waals surface area contributed by atoms with Crippen molar-refractivity contribution in [1.29, 1.82) is 0 Å². The lowest BCUT2D eigenvalue weighted by Gasteiger charge is -2.50. The molecule has 1 unspecified atom stereocenters. The minimum absolute atomic E-state index is 0.0715. The Morgan fingerprint density at radius 1 is 1.29 bits per heavy atom. The first kappa shape index (κ1) is 16.8. The number of carboxylic acids is 1. The number of amides is 1. The Morgan fingerprint density at radius 3 is 2.75 bits per heavy atom. The summed E-state index contributed by atoms with van der Waals surface area (Å²) in [5, 5.41) is 11.8. The largest absolute Gasteiger partial charge is 0.481 e. The number of hydrogen-bond acceptors (Lipinski definition) is 4. The van der Waals surface area contributed by atoms with Gasteiger partial charge in [-0.25, -0.2) is 4.79 Å². The zero-order chi connectivity index (χ0) is 17.0. The van der Waals surface area contributed by atoms with Crippen molar-refractivity contribution in [2.24, 2.45) is 5.92 Å². The van der Waals surface area contributed by atoms with E-state index in [2.05, 4.69) is 5.32 Å². The molecule has 1 atom stereocenters. The van der Waals surface area contributed by atoms with Gasteiger partial charge in [0, 0.05) is 6.54 Å². The van der Waals surface area contributed by atoms with E-state index in [0.29, 0.717) is 19.4 Å². The van der Waals surface area contributed by atoms with E-state index < -0.39 is 12.1 Å². The van der Waals surface area contributed by atoms with Crippen molar-refractivity contribution in [3.63, 3.8) is 0 Å². The maximum atomic E-state index is 11.8. The summed E-state index contributed by atoms with van der Waals surface area (Å²) in [6, 6.07) is 9.51. The molecule has 1 amide bonds. The second kappa shape index (κ2) is 7.21. The van der Waals surface area contributed by atoms with Gasteiger partial charge < -0.3 is 19.9 Å². The highest BCUT2D eigenvalue weighted by Gasteiger charge is 2.50. The quantitative estimate of drug-likeness (QED) is 0.865. The topological polar surface area (TPSA) is 84.9 Å². The van der Waals surface area contributed by atoms with Gasteiger partial charge in [0.05, 0.1) is 17.6 Å². The van der Waals surface area contributed by atoms with Gasteiger partial charge in [-0.2, -0.15) is 0 Å². The van der Waals surface area contributed by atoms with Crippen molar-refractivity contribution < 1.29 is 24.2 Å². The summed E-state index contributed by atoms with van der Waals surface area (Å²) < 4.78 is 11.2. The molecule has 2 N–H and O–H groups in total. The number of ether oxygens (including phenoxy) is 2. The summed E-state index contributed by atoms with van der Waals surface area (Å²) in [5.74, 6) is -1.03. The number of rotatable bonds is 5. The number of benzene rings is 1. The maximum absolute atomic E-state index is 11.8. The van der Waals surface area contributed by atoms with Crippen molar-refractivity contribution in [3.05, 3.63) is 35.9 Å². The smallest absolute Gasteiger partial charge is 0.407 e. The van der Waals surface area contributed by atoms with Crippen molar-refractivity contribution in [2.45, 2.75) is 50.4 Å². The van der Waals surface area contributed by atoms with E-state index in [1.165, 1.54) is 0 Å². The minimum atomic E-state index is -0.742. The highest BCUT2D eigenvalue weighted by molar-refractivity contribution is 5.71. The van der Waals surface area contributed by atoms with Crippen LogP contribution in [0.15, 0.2) is 30.3 Å². The Hall–Kier alpha value is -2.08. The number of carbonyl (C=O) groups is 2. The summed E-state index contributed by atoms with van der Waals surface area (Å²) in [7, 11) is 0. The number of hydrogen-bond donors (Lipinski definition) is 2. The average Bonchev–Trinajstić information content (AvgIpc) is 2.57. The van der Waals surface area contributed by atoms with Gasteiger partial charge in [0.2, 0.25) is 0 Å². The molecule has 1 aromatic carbocycles. The van der Waals surface area contributed by atoms with Crippen molar-refractivity contribution in [3.8, 4) is 0 Å². The normalized spacial score (nSPS) is 28.8. The van der Waals surface area contributed by atoms with E-state index >= 15 is 0 Å². The molecule has 24 heavy (non-hydrogen) atoms. The van der Waals surface area contributed by atoms with Gasteiger partial charge in [0.25, 0.3) is 0 Å². The molecule has 0 bridgehead atoms. The molecule has 130 valence electrons. The minimum Gasteiger partial charge on any atom is -0.481 e. The Kier molecular flexibility index (Phi) is 5.04. The lowest BCUT2D eigenvalue weighted by atomic mass is 9.67. The Balaban J connectivity index is 1.38. The fourth-order valence-electron chi connectivity index (χ4n) is 3.55. The van der Waals surface area contributed by atoms with Gasteiger partial charge in [-0.3, -0.25) is 4.79 Å². The Labute approximate surface area is 141 Å². The highest BCUT2D eigenvalue weighted by Crippen LogP contribution is 2.47. The second-order valence-corrected chi connectivity index (χ2v) is 6.70. The molecule has 1 heterocycles. The SMILES string of the molecule is O=C(NCC1CCCC2(CC(C(=O)O)C2)O1)OCc1ccccc1. The van der Waals surface area contributed by atoms with E-state index in [-0.39, 0.29) is 24.2 Å². The molecule has 6 heteroatoms. The molecule has 1 saturated carbocycles. The fraction of sp³-hybridized carbons (Fsp3) is 0.556. The number of aliphatic carboxylic acids is 1. The molecular formula is C18H23NO5. The third kappa shape index (κ3) is 4.06. The Bertz CT molecular complexity index is 582. The van der Waals surface area contributed by atoms with Gasteiger partial charge in [-0.15, -0.1) is 0 Å². The lowest BCUT2D eigenvalue weighted by molar-refractivity contribution is -0.198. The summed E-state index contributed by atoms with van der Waals surface area (Å²) in [4.78, 5) is 22.7. The van der Waals surface area contributed by atoms with Gasteiger partial charge in [0.1, 0.15) is 6.61 Å². The molecule has 0 aromatic heterocycles. The number of alkyl carbamates (subject to hydrolysis) is 1. The third-order valence-corrected chi connectivity index (χ3v) is 4.85. The van der Waals surface area contributed by atoms with Crippen molar-refractivity contribution in [1.82, 2.24) is 5.32 Å². The summed E-state index contributed by atoms with van der Waals surface area (Å²) in [6.07, 6.45) is 3.41. The molecule has 1 saturated heterocycles. The highest BCUT2D eigenvalue weighted by atomic mass is 16.5. The molecular weight excluding hydrogens is 310 g/mol. The van der Waals surface area contributed by atoms with Crippen LogP contribution in [0.5, 0.6) is 0 Å². The van der Waals surface area contributed by atoms with Gasteiger partial charge >= 0.3 is 12.1 Å². The van der Waals surface area contributed by atoms with E-state index in [9.17, 15) is 9.59 Å². The predicted molar refractivity (Wildman–Crippen MR) is 86.4 cm³/mol. The molecule has 2 aliphatic rings. The van der Waals surface area contributed by atoms with Crippen LogP contribution in [0, 0.1) is 5.92 Å². The maximum Gasteiger partial charge on any atom is 0.407 e. The van der Waals surface area contributed by atoms with Crippen molar-refractivity contribution >= 4 is 12.1 Å². The van der Waals surface area contributed by atoms with Crippen LogP contribution in [0.1, 0.15) is 37.7 Å². The third-order valence-electron chi connectivity index (χ3n) is 4.85. The van der Waals surface area contributed by atoms with Crippen LogP contribution >= 0.6 is 0 Å². The number of nitrogens with one attached hydrogen (secondary N) is 1. The molecule has 0 radical (unpaired) electrons. The first-order chi connectivity index (χ1) is 11.6. The van der Waals surface area contributed by atoms with Gasteiger partial charge in [-0.1, -0.05) is 30.3 Å². The summed E-state index contributed by atoms with van der Waals surface area (Å²) in [5.41, 5.74) is 0.649. The number of carbonyl (C=O) groups excluding carboxylic acids is 1. The number of carboxylic acid groups (broad SMARTS) is 1. The van der Waals surface area contributed by atoms with Crippen LogP contribution in [0.2, 0.25) is 0 Å². The standard InChI is InChI=1S/C18H23NO5/c20-16(21)14-9-18(10-14)8-4-7-15(24-18)11-19-17(22)23-12-13-5-2-1-3-6-13/h1-3,5-6,14-15H,4,7-12H2,(H,19,22)(H,20,21). The molecule has 3 rings (SSSR count). The van der Waals surface area contributed by atoms with Crippen LogP contribution in [0.4, 0.5) is 4.79 Å². The monoisotopic (exact) mass is 333 g/mol. The van der Waals surface area contributed by atoms with Crippen molar-refractivity contribution in [2.75, 3.05) is 6.54 Å². The van der Waals surface area contributed by atoms with E-state index in [0.717, 1.165) is 24.8 Å². The Morgan fingerprint density at radius 2 is 2.04 bits per heavy atom. The van der Waals surface area contributed by atoms with Crippen LogP contribution in [-0.4, -0.2) is 35.4 Å². The molecule has 1 aromatic rings. The molecule has 1 aliphatic carbocycles. The van der Waals surface area contributed by atoms with Gasteiger partial charge in [0.15, 0.2) is 0 Å². The zero-order valence-electron chi connectivity index (χ0n) is 13.6.